The normalized spacial score (nSPS) is 10.5. The fourth-order valence-electron chi connectivity index (χ4n) is 2.93. The standard InChI is InChI=1S/C21H22ClN3/c1-3-25-20(5-4-12-24-19-9-7-18(22)8-10-19)14-17-13-16(15-23-2)6-11-21(17)25/h6-11,13-14,23-24H,3,12,15H2,1-2H3. The quantitative estimate of drug-likeness (QED) is 0.663. The molecule has 0 saturated carbocycles. The lowest BCUT2D eigenvalue weighted by molar-refractivity contribution is 0.786. The number of aromatic nitrogens is 1. The lowest BCUT2D eigenvalue weighted by Gasteiger charge is -2.04. The first-order valence-electron chi connectivity index (χ1n) is 8.46. The minimum absolute atomic E-state index is 0.595. The third kappa shape index (κ3) is 4.17. The van der Waals surface area contributed by atoms with Gasteiger partial charge >= 0.3 is 0 Å². The van der Waals surface area contributed by atoms with Gasteiger partial charge in [0.2, 0.25) is 0 Å². The summed E-state index contributed by atoms with van der Waals surface area (Å²) in [6.07, 6.45) is 0. The third-order valence-electron chi connectivity index (χ3n) is 4.10. The van der Waals surface area contributed by atoms with Crippen LogP contribution in [0.3, 0.4) is 0 Å². The van der Waals surface area contributed by atoms with Gasteiger partial charge in [0.15, 0.2) is 0 Å². The van der Waals surface area contributed by atoms with Crippen LogP contribution in [0.2, 0.25) is 5.02 Å². The molecular weight excluding hydrogens is 330 g/mol. The number of nitrogens with zero attached hydrogens (tertiary/aromatic N) is 1. The molecule has 1 heterocycles. The predicted octanol–water partition coefficient (Wildman–Crippen LogP) is 4.50. The SMILES string of the molecule is CCn1c(C#CCNc2ccc(Cl)cc2)cc2cc(CNC)ccc21. The smallest absolute Gasteiger partial charge is 0.0931 e. The van der Waals surface area contributed by atoms with Crippen molar-refractivity contribution in [3.8, 4) is 11.8 Å². The van der Waals surface area contributed by atoms with Gasteiger partial charge in [0.25, 0.3) is 0 Å². The van der Waals surface area contributed by atoms with Crippen molar-refractivity contribution in [1.29, 1.82) is 0 Å². The van der Waals surface area contributed by atoms with E-state index in [4.69, 9.17) is 11.6 Å². The van der Waals surface area contributed by atoms with Crippen LogP contribution in [0, 0.1) is 11.8 Å². The zero-order valence-corrected chi connectivity index (χ0v) is 15.3. The molecule has 4 heteroatoms. The Hall–Kier alpha value is -2.41. The molecule has 0 aliphatic heterocycles. The van der Waals surface area contributed by atoms with Gasteiger partial charge in [-0.2, -0.15) is 0 Å². The second-order valence-electron chi connectivity index (χ2n) is 5.86. The highest BCUT2D eigenvalue weighted by Gasteiger charge is 2.06. The summed E-state index contributed by atoms with van der Waals surface area (Å²) in [5, 5.41) is 8.46. The summed E-state index contributed by atoms with van der Waals surface area (Å²) in [6.45, 7) is 4.53. The number of fused-ring (bicyclic) bond motifs is 1. The first-order chi connectivity index (χ1) is 12.2. The van der Waals surface area contributed by atoms with Gasteiger partial charge in [-0.3, -0.25) is 0 Å². The molecule has 128 valence electrons. The van der Waals surface area contributed by atoms with E-state index < -0.39 is 0 Å². The van der Waals surface area contributed by atoms with Crippen LogP contribution in [0.25, 0.3) is 10.9 Å². The van der Waals surface area contributed by atoms with E-state index in [0.717, 1.165) is 29.5 Å². The van der Waals surface area contributed by atoms with Crippen molar-refractivity contribution >= 4 is 28.2 Å². The van der Waals surface area contributed by atoms with E-state index in [9.17, 15) is 0 Å². The molecule has 1 aromatic heterocycles. The molecule has 0 bridgehead atoms. The van der Waals surface area contributed by atoms with Gasteiger partial charge in [-0.15, -0.1) is 0 Å². The summed E-state index contributed by atoms with van der Waals surface area (Å²) in [4.78, 5) is 0. The average molecular weight is 352 g/mol. The van der Waals surface area contributed by atoms with Crippen molar-refractivity contribution in [1.82, 2.24) is 9.88 Å². The molecule has 0 atom stereocenters. The number of hydrogen-bond acceptors (Lipinski definition) is 2. The van der Waals surface area contributed by atoms with Crippen LogP contribution in [-0.2, 0) is 13.1 Å². The molecule has 0 aliphatic rings. The number of hydrogen-bond donors (Lipinski definition) is 2. The molecule has 2 aromatic carbocycles. The molecule has 3 nitrogen and oxygen atoms in total. The van der Waals surface area contributed by atoms with Gasteiger partial charge < -0.3 is 15.2 Å². The van der Waals surface area contributed by atoms with E-state index in [-0.39, 0.29) is 0 Å². The molecule has 0 amide bonds. The number of benzene rings is 2. The van der Waals surface area contributed by atoms with Crippen LogP contribution in [-0.4, -0.2) is 18.2 Å². The van der Waals surface area contributed by atoms with Crippen LogP contribution >= 0.6 is 11.6 Å². The van der Waals surface area contributed by atoms with Gasteiger partial charge in [-0.1, -0.05) is 23.6 Å². The molecule has 0 fully saturated rings. The zero-order chi connectivity index (χ0) is 17.6. The first-order valence-corrected chi connectivity index (χ1v) is 8.84. The summed E-state index contributed by atoms with van der Waals surface area (Å²) >= 11 is 5.89. The van der Waals surface area contributed by atoms with Gasteiger partial charge in [-0.05, 0) is 67.9 Å². The summed E-state index contributed by atoms with van der Waals surface area (Å²) in [7, 11) is 1.96. The maximum atomic E-state index is 5.89. The number of nitrogens with one attached hydrogen (secondary N) is 2. The zero-order valence-electron chi connectivity index (χ0n) is 14.6. The minimum atomic E-state index is 0.595. The topological polar surface area (TPSA) is 29.0 Å². The maximum absolute atomic E-state index is 5.89. The third-order valence-corrected chi connectivity index (χ3v) is 4.36. The molecule has 0 aliphatic carbocycles. The van der Waals surface area contributed by atoms with Crippen molar-refractivity contribution in [3.05, 3.63) is 64.8 Å². The Kier molecular flexibility index (Phi) is 5.65. The molecule has 25 heavy (non-hydrogen) atoms. The Labute approximate surface area is 154 Å². The van der Waals surface area contributed by atoms with Crippen molar-refractivity contribution in [2.24, 2.45) is 0 Å². The van der Waals surface area contributed by atoms with Gasteiger partial charge in [0, 0.05) is 34.7 Å². The molecule has 0 saturated heterocycles. The Bertz CT molecular complexity index is 914. The van der Waals surface area contributed by atoms with E-state index >= 15 is 0 Å². The highest BCUT2D eigenvalue weighted by Crippen LogP contribution is 2.21. The molecule has 2 N–H and O–H groups in total. The number of aryl methyl sites for hydroxylation is 1. The van der Waals surface area contributed by atoms with E-state index in [0.29, 0.717) is 6.54 Å². The van der Waals surface area contributed by atoms with Crippen LogP contribution in [0.5, 0.6) is 0 Å². The van der Waals surface area contributed by atoms with Crippen LogP contribution < -0.4 is 10.6 Å². The monoisotopic (exact) mass is 351 g/mol. The summed E-state index contributed by atoms with van der Waals surface area (Å²) in [6, 6.07) is 16.4. The predicted molar refractivity (Wildman–Crippen MR) is 107 cm³/mol. The van der Waals surface area contributed by atoms with Crippen LogP contribution in [0.1, 0.15) is 18.2 Å². The minimum Gasteiger partial charge on any atom is -0.374 e. The molecule has 0 radical (unpaired) electrons. The Balaban J connectivity index is 1.77. The van der Waals surface area contributed by atoms with Crippen molar-refractivity contribution in [2.75, 3.05) is 18.9 Å². The lowest BCUT2D eigenvalue weighted by atomic mass is 10.1. The highest BCUT2D eigenvalue weighted by atomic mass is 35.5. The summed E-state index contributed by atoms with van der Waals surface area (Å²) in [5.74, 6) is 6.51. The van der Waals surface area contributed by atoms with Crippen molar-refractivity contribution in [2.45, 2.75) is 20.0 Å². The molecule has 3 aromatic rings. The van der Waals surface area contributed by atoms with Gasteiger partial charge in [-0.25, -0.2) is 0 Å². The molecule has 3 rings (SSSR count). The Morgan fingerprint density at radius 3 is 2.60 bits per heavy atom. The number of halogens is 1. The lowest BCUT2D eigenvalue weighted by Crippen LogP contribution is -2.04. The van der Waals surface area contributed by atoms with Crippen molar-refractivity contribution < 1.29 is 0 Å². The van der Waals surface area contributed by atoms with E-state index in [1.807, 2.05) is 31.3 Å². The second-order valence-corrected chi connectivity index (χ2v) is 6.30. The Morgan fingerprint density at radius 2 is 1.88 bits per heavy atom. The van der Waals surface area contributed by atoms with Crippen LogP contribution in [0.15, 0.2) is 48.5 Å². The molecular formula is C21H22ClN3. The largest absolute Gasteiger partial charge is 0.374 e. The van der Waals surface area contributed by atoms with E-state index in [1.54, 1.807) is 0 Å². The Morgan fingerprint density at radius 1 is 1.08 bits per heavy atom. The van der Waals surface area contributed by atoms with Crippen LogP contribution in [0.4, 0.5) is 5.69 Å². The average Bonchev–Trinajstić information content (AvgIpc) is 2.97. The maximum Gasteiger partial charge on any atom is 0.0931 e. The summed E-state index contributed by atoms with van der Waals surface area (Å²) in [5.41, 5.74) is 4.59. The summed E-state index contributed by atoms with van der Waals surface area (Å²) < 4.78 is 2.26. The van der Waals surface area contributed by atoms with Gasteiger partial charge in [0.05, 0.1) is 12.2 Å². The van der Waals surface area contributed by atoms with Gasteiger partial charge in [0.1, 0.15) is 0 Å². The van der Waals surface area contributed by atoms with Crippen molar-refractivity contribution in [3.63, 3.8) is 0 Å². The second kappa shape index (κ2) is 8.11. The van der Waals surface area contributed by atoms with E-state index in [2.05, 4.69) is 58.2 Å². The number of rotatable bonds is 5. The van der Waals surface area contributed by atoms with E-state index in [1.165, 1.54) is 16.5 Å². The molecule has 0 unspecified atom stereocenters. The fraction of sp³-hybridized carbons (Fsp3) is 0.238. The number of anilines is 1. The molecule has 0 spiro atoms. The first kappa shape index (κ1) is 17.4. The fourth-order valence-corrected chi connectivity index (χ4v) is 3.05. The highest BCUT2D eigenvalue weighted by molar-refractivity contribution is 6.30.